The predicted octanol–water partition coefficient (Wildman–Crippen LogP) is 3.31. The third-order valence-electron chi connectivity index (χ3n) is 5.69. The minimum absolute atomic E-state index is 0.121. The maximum absolute atomic E-state index is 14.6. The molecule has 1 aromatic heterocycles. The SMILES string of the molecule is O=C(Cc1ccc2c(c1)OCO2)NCCc1nnc(SC[C@@H]2CCCO2)n1-c1ccccc1F. The van der Waals surface area contributed by atoms with Crippen LogP contribution in [-0.4, -0.2) is 52.5 Å². The Labute approximate surface area is 200 Å². The summed E-state index contributed by atoms with van der Waals surface area (Å²) in [6, 6.07) is 12.0. The quantitative estimate of drug-likeness (QED) is 0.466. The van der Waals surface area contributed by atoms with Gasteiger partial charge in [-0.2, -0.15) is 0 Å². The Morgan fingerprint density at radius 2 is 2.06 bits per heavy atom. The molecule has 0 unspecified atom stereocenters. The van der Waals surface area contributed by atoms with E-state index in [2.05, 4.69) is 15.5 Å². The molecule has 5 rings (SSSR count). The van der Waals surface area contributed by atoms with Gasteiger partial charge in [-0.05, 0) is 42.7 Å². The molecule has 178 valence electrons. The maximum atomic E-state index is 14.6. The number of nitrogens with zero attached hydrogens (tertiary/aromatic N) is 3. The first-order valence-corrected chi connectivity index (χ1v) is 12.2. The molecular weight excluding hydrogens is 459 g/mol. The lowest BCUT2D eigenvalue weighted by Gasteiger charge is -2.13. The molecule has 3 heterocycles. The molecule has 0 spiro atoms. The van der Waals surface area contributed by atoms with Crippen LogP contribution in [0, 0.1) is 5.82 Å². The van der Waals surface area contributed by atoms with Crippen LogP contribution in [0.2, 0.25) is 0 Å². The zero-order chi connectivity index (χ0) is 23.3. The largest absolute Gasteiger partial charge is 0.454 e. The number of carbonyl (C=O) groups excluding carboxylic acids is 1. The molecular formula is C24H25FN4O4S. The van der Waals surface area contributed by atoms with Gasteiger partial charge in [0.25, 0.3) is 0 Å². The summed E-state index contributed by atoms with van der Waals surface area (Å²) < 4.78 is 32.7. The van der Waals surface area contributed by atoms with Crippen LogP contribution in [0.1, 0.15) is 24.2 Å². The Hall–Kier alpha value is -3.11. The van der Waals surface area contributed by atoms with Gasteiger partial charge in [0.1, 0.15) is 11.6 Å². The van der Waals surface area contributed by atoms with E-state index in [0.717, 1.165) is 30.8 Å². The van der Waals surface area contributed by atoms with Crippen LogP contribution in [0.15, 0.2) is 47.6 Å². The summed E-state index contributed by atoms with van der Waals surface area (Å²) >= 11 is 1.51. The van der Waals surface area contributed by atoms with E-state index < -0.39 is 0 Å². The summed E-state index contributed by atoms with van der Waals surface area (Å²) in [4.78, 5) is 12.5. The monoisotopic (exact) mass is 484 g/mol. The highest BCUT2D eigenvalue weighted by molar-refractivity contribution is 7.99. The molecule has 0 saturated carbocycles. The van der Waals surface area contributed by atoms with Gasteiger partial charge in [0.15, 0.2) is 16.7 Å². The Balaban J connectivity index is 1.23. The molecule has 3 aromatic rings. The lowest BCUT2D eigenvalue weighted by Crippen LogP contribution is -2.28. The summed E-state index contributed by atoms with van der Waals surface area (Å²) in [5.41, 5.74) is 1.23. The molecule has 1 amide bonds. The summed E-state index contributed by atoms with van der Waals surface area (Å²) in [6.07, 6.45) is 2.88. The van der Waals surface area contributed by atoms with E-state index in [1.54, 1.807) is 28.8 Å². The van der Waals surface area contributed by atoms with E-state index in [1.165, 1.54) is 17.8 Å². The number of nitrogens with one attached hydrogen (secondary N) is 1. The molecule has 34 heavy (non-hydrogen) atoms. The maximum Gasteiger partial charge on any atom is 0.231 e. The van der Waals surface area contributed by atoms with Gasteiger partial charge in [0, 0.05) is 25.3 Å². The number of halogens is 1. The third kappa shape index (κ3) is 5.18. The number of carbonyl (C=O) groups is 1. The normalized spacial score (nSPS) is 16.7. The van der Waals surface area contributed by atoms with Crippen molar-refractivity contribution < 1.29 is 23.4 Å². The first-order chi connectivity index (χ1) is 16.7. The van der Waals surface area contributed by atoms with Gasteiger partial charge in [-0.3, -0.25) is 9.36 Å². The molecule has 10 heteroatoms. The van der Waals surface area contributed by atoms with Crippen LogP contribution in [0.3, 0.4) is 0 Å². The second kappa shape index (κ2) is 10.4. The Morgan fingerprint density at radius 3 is 2.91 bits per heavy atom. The van der Waals surface area contributed by atoms with Crippen LogP contribution >= 0.6 is 11.8 Å². The standard InChI is InChI=1S/C24H25FN4O4S/c25-18-5-1-2-6-19(18)29-22(27-28-24(29)34-14-17-4-3-11-31-17)9-10-26-23(30)13-16-7-8-20-21(12-16)33-15-32-20/h1-2,5-8,12,17H,3-4,9-11,13-15H2,(H,26,30)/t17-/m0/s1. The van der Waals surface area contributed by atoms with Crippen LogP contribution in [0.4, 0.5) is 4.39 Å². The van der Waals surface area contributed by atoms with E-state index in [4.69, 9.17) is 14.2 Å². The van der Waals surface area contributed by atoms with E-state index in [-0.39, 0.29) is 31.0 Å². The van der Waals surface area contributed by atoms with Crippen molar-refractivity contribution in [3.05, 3.63) is 59.7 Å². The number of fused-ring (bicyclic) bond motifs is 1. The number of thioether (sulfide) groups is 1. The van der Waals surface area contributed by atoms with Gasteiger partial charge in [-0.15, -0.1) is 10.2 Å². The number of hydrogen-bond acceptors (Lipinski definition) is 7. The fourth-order valence-corrected chi connectivity index (χ4v) is 5.02. The average Bonchev–Trinajstić information content (AvgIpc) is 3.59. The van der Waals surface area contributed by atoms with Gasteiger partial charge >= 0.3 is 0 Å². The zero-order valence-electron chi connectivity index (χ0n) is 18.5. The lowest BCUT2D eigenvalue weighted by atomic mass is 10.1. The molecule has 2 aliphatic rings. The molecule has 1 fully saturated rings. The fourth-order valence-electron chi connectivity index (χ4n) is 3.99. The average molecular weight is 485 g/mol. The number of para-hydroxylation sites is 1. The van der Waals surface area contributed by atoms with E-state index in [0.29, 0.717) is 41.1 Å². The molecule has 0 radical (unpaired) electrons. The molecule has 8 nitrogen and oxygen atoms in total. The summed E-state index contributed by atoms with van der Waals surface area (Å²) in [6.45, 7) is 1.33. The van der Waals surface area contributed by atoms with Crippen molar-refractivity contribution in [3.8, 4) is 17.2 Å². The first-order valence-electron chi connectivity index (χ1n) is 11.3. The van der Waals surface area contributed by atoms with Crippen LogP contribution in [-0.2, 0) is 22.4 Å². The molecule has 1 saturated heterocycles. The molecule has 2 aromatic carbocycles. The van der Waals surface area contributed by atoms with Crippen molar-refractivity contribution in [2.24, 2.45) is 0 Å². The van der Waals surface area contributed by atoms with Crippen LogP contribution in [0.5, 0.6) is 11.5 Å². The predicted molar refractivity (Wildman–Crippen MR) is 124 cm³/mol. The second-order valence-electron chi connectivity index (χ2n) is 8.10. The Kier molecular flexibility index (Phi) is 6.96. The van der Waals surface area contributed by atoms with Gasteiger partial charge in [-0.1, -0.05) is 30.0 Å². The van der Waals surface area contributed by atoms with E-state index in [9.17, 15) is 9.18 Å². The molecule has 1 N–H and O–H groups in total. The minimum Gasteiger partial charge on any atom is -0.454 e. The highest BCUT2D eigenvalue weighted by atomic mass is 32.2. The molecule has 2 aliphatic heterocycles. The number of benzene rings is 2. The Bertz CT molecular complexity index is 1170. The van der Waals surface area contributed by atoms with Crippen molar-refractivity contribution >= 4 is 17.7 Å². The summed E-state index contributed by atoms with van der Waals surface area (Å²) in [5, 5.41) is 12.1. The van der Waals surface area contributed by atoms with Gasteiger partial charge in [-0.25, -0.2) is 4.39 Å². The van der Waals surface area contributed by atoms with Gasteiger partial charge < -0.3 is 19.5 Å². The lowest BCUT2D eigenvalue weighted by molar-refractivity contribution is -0.120. The van der Waals surface area contributed by atoms with Crippen molar-refractivity contribution in [2.45, 2.75) is 36.9 Å². The number of amides is 1. The van der Waals surface area contributed by atoms with Crippen molar-refractivity contribution in [1.29, 1.82) is 0 Å². The third-order valence-corrected chi connectivity index (χ3v) is 6.75. The Morgan fingerprint density at radius 1 is 1.18 bits per heavy atom. The van der Waals surface area contributed by atoms with Gasteiger partial charge in [0.2, 0.25) is 12.7 Å². The molecule has 0 aliphatic carbocycles. The summed E-state index contributed by atoms with van der Waals surface area (Å²) in [5.74, 6) is 2.18. The number of aromatic nitrogens is 3. The topological polar surface area (TPSA) is 87.5 Å². The number of rotatable bonds is 9. The highest BCUT2D eigenvalue weighted by Gasteiger charge is 2.21. The van der Waals surface area contributed by atoms with Crippen molar-refractivity contribution in [2.75, 3.05) is 25.7 Å². The molecule has 0 bridgehead atoms. The molecule has 1 atom stereocenters. The summed E-state index contributed by atoms with van der Waals surface area (Å²) in [7, 11) is 0. The van der Waals surface area contributed by atoms with Crippen molar-refractivity contribution in [3.63, 3.8) is 0 Å². The van der Waals surface area contributed by atoms with Crippen molar-refractivity contribution in [1.82, 2.24) is 20.1 Å². The van der Waals surface area contributed by atoms with Crippen LogP contribution in [0.25, 0.3) is 5.69 Å². The number of ether oxygens (including phenoxy) is 3. The van der Waals surface area contributed by atoms with E-state index >= 15 is 0 Å². The highest BCUT2D eigenvalue weighted by Crippen LogP contribution is 2.32. The minimum atomic E-state index is -0.352. The second-order valence-corrected chi connectivity index (χ2v) is 9.08. The number of hydrogen-bond donors (Lipinski definition) is 1. The fraction of sp³-hybridized carbons (Fsp3) is 0.375. The smallest absolute Gasteiger partial charge is 0.231 e. The van der Waals surface area contributed by atoms with Gasteiger partial charge in [0.05, 0.1) is 18.2 Å². The first kappa shape index (κ1) is 22.7. The zero-order valence-corrected chi connectivity index (χ0v) is 19.4. The van der Waals surface area contributed by atoms with E-state index in [1.807, 2.05) is 12.1 Å². The van der Waals surface area contributed by atoms with Crippen LogP contribution < -0.4 is 14.8 Å².